The fourth-order valence-electron chi connectivity index (χ4n) is 4.29. The molecule has 0 aromatic carbocycles. The molecule has 0 spiro atoms. The summed E-state index contributed by atoms with van der Waals surface area (Å²) >= 11 is 1.33. The maximum absolute atomic E-state index is 6.86. The molecule has 0 atom stereocenters. The normalized spacial score (nSPS) is 13.4. The van der Waals surface area contributed by atoms with E-state index in [-0.39, 0.29) is 5.04 Å². The van der Waals surface area contributed by atoms with E-state index in [0.717, 1.165) is 6.61 Å². The molecule has 0 aliphatic carbocycles. The Morgan fingerprint density at radius 3 is 2.00 bits per heavy atom. The number of fused-ring (bicyclic) bond motifs is 1. The number of unbranched alkanes of at least 4 members (excludes halogenated alkanes) is 3. The molecule has 0 bridgehead atoms. The number of imidazole rings is 1. The summed E-state index contributed by atoms with van der Waals surface area (Å²) < 4.78 is 15.6. The summed E-state index contributed by atoms with van der Waals surface area (Å²) in [4.78, 5) is 6.12. The first kappa shape index (κ1) is 28.7. The minimum atomic E-state index is -2.57. The summed E-state index contributed by atoms with van der Waals surface area (Å²) in [5, 5.41) is 1.42. The molecule has 32 heavy (non-hydrogen) atoms. The van der Waals surface area contributed by atoms with Gasteiger partial charge in [0.15, 0.2) is 0 Å². The zero-order chi connectivity index (χ0) is 24.0. The Hall–Kier alpha value is 0.496. The molecule has 0 N–H and O–H groups in total. The molecule has 0 radical (unpaired) electrons. The van der Waals surface area contributed by atoms with Gasteiger partial charge >= 0.3 is 213 Å². The molecule has 2 rings (SSSR count). The van der Waals surface area contributed by atoms with Crippen LogP contribution < -0.4 is 2.89 Å². The maximum atomic E-state index is 6.86. The second-order valence-corrected chi connectivity index (χ2v) is 31.6. The van der Waals surface area contributed by atoms with Crippen LogP contribution in [0.2, 0.25) is 31.4 Å². The Balaban J connectivity index is 2.62. The molecule has 7 heteroatoms. The molecule has 0 aliphatic rings. The second kappa shape index (κ2) is 12.5. The Morgan fingerprint density at radius 2 is 1.56 bits per heavy atom. The molecule has 0 amide bonds. The van der Waals surface area contributed by atoms with Crippen molar-refractivity contribution in [3.05, 3.63) is 12.0 Å². The molecule has 0 unspecified atom stereocenters. The van der Waals surface area contributed by atoms with Crippen molar-refractivity contribution < 1.29 is 4.43 Å². The molecule has 0 fully saturated rings. The van der Waals surface area contributed by atoms with E-state index in [9.17, 15) is 0 Å². The van der Waals surface area contributed by atoms with Gasteiger partial charge in [-0.25, -0.2) is 0 Å². The zero-order valence-electron chi connectivity index (χ0n) is 22.3. The van der Waals surface area contributed by atoms with Gasteiger partial charge in [0, 0.05) is 0 Å². The molecule has 0 aliphatic heterocycles. The van der Waals surface area contributed by atoms with Crippen LogP contribution in [0.5, 0.6) is 0 Å². The SMILES string of the molecule is CCC[CH2][Sn]([CH2]CCC)([CH2]CCC)[c]1sc2c(SC)ncn2c1CO[Si](C)(C)C(C)(C)C. The minimum absolute atomic E-state index is 0.231. The average molecular weight is 604 g/mol. The molecule has 2 aromatic rings. The number of aromatic nitrogens is 2. The van der Waals surface area contributed by atoms with Gasteiger partial charge in [0.25, 0.3) is 0 Å². The quantitative estimate of drug-likeness (QED) is 0.160. The van der Waals surface area contributed by atoms with Crippen LogP contribution in [-0.4, -0.2) is 42.3 Å². The van der Waals surface area contributed by atoms with Gasteiger partial charge in [-0.15, -0.1) is 0 Å². The van der Waals surface area contributed by atoms with Crippen LogP contribution in [0.15, 0.2) is 11.4 Å². The van der Waals surface area contributed by atoms with Gasteiger partial charge in [0.05, 0.1) is 0 Å². The van der Waals surface area contributed by atoms with Gasteiger partial charge in [0.1, 0.15) is 0 Å². The van der Waals surface area contributed by atoms with E-state index in [2.05, 4.69) is 83.0 Å². The van der Waals surface area contributed by atoms with E-state index >= 15 is 0 Å². The summed E-state index contributed by atoms with van der Waals surface area (Å²) in [6, 6.07) is 0. The third kappa shape index (κ3) is 6.58. The number of thioether (sulfide) groups is 1. The number of hydrogen-bond acceptors (Lipinski definition) is 4. The summed E-state index contributed by atoms with van der Waals surface area (Å²) in [5.74, 6) is 0. The molecule has 0 saturated carbocycles. The van der Waals surface area contributed by atoms with Crippen molar-refractivity contribution in [1.82, 2.24) is 9.38 Å². The molecule has 3 nitrogen and oxygen atoms in total. The van der Waals surface area contributed by atoms with Gasteiger partial charge in [0.2, 0.25) is 0 Å². The molecule has 0 saturated heterocycles. The summed E-state index contributed by atoms with van der Waals surface area (Å²) in [6.07, 6.45) is 12.4. The van der Waals surface area contributed by atoms with Crippen molar-refractivity contribution in [1.29, 1.82) is 0 Å². The molecule has 184 valence electrons. The number of nitrogens with zero attached hydrogens (tertiary/aromatic N) is 2. The van der Waals surface area contributed by atoms with E-state index in [4.69, 9.17) is 9.41 Å². The first-order chi connectivity index (χ1) is 15.1. The van der Waals surface area contributed by atoms with E-state index < -0.39 is 26.7 Å². The van der Waals surface area contributed by atoms with Crippen LogP contribution in [0, 0.1) is 0 Å². The third-order valence-electron chi connectivity index (χ3n) is 7.52. The van der Waals surface area contributed by atoms with Crippen LogP contribution in [0.25, 0.3) is 4.83 Å². The standard InChI is InChI=1S/C13H21N2OS2Si.3C4H9.Sn/c1-13(2,3)19(5,6)16-7-10-8-18-12-11(17-4)14-9-15(10)12;3*1-3-4-2;/h9H,7H2,1-6H3;3*1,3-4H2,2H3;. The van der Waals surface area contributed by atoms with Crippen molar-refractivity contribution in [2.24, 2.45) is 0 Å². The summed E-state index contributed by atoms with van der Waals surface area (Å²) in [7, 11) is -1.82. The van der Waals surface area contributed by atoms with Crippen LogP contribution in [0.4, 0.5) is 0 Å². The monoisotopic (exact) mass is 604 g/mol. The Morgan fingerprint density at radius 1 is 1.03 bits per heavy atom. The first-order valence-corrected chi connectivity index (χ1v) is 25.2. The van der Waals surface area contributed by atoms with E-state index in [1.165, 1.54) is 67.4 Å². The van der Waals surface area contributed by atoms with Crippen molar-refractivity contribution in [3.63, 3.8) is 0 Å². The van der Waals surface area contributed by atoms with E-state index in [0.29, 0.717) is 0 Å². The van der Waals surface area contributed by atoms with Crippen molar-refractivity contribution >= 4 is 57.5 Å². The number of hydrogen-bond donors (Lipinski definition) is 0. The van der Waals surface area contributed by atoms with Crippen molar-refractivity contribution in [3.8, 4) is 0 Å². The molecular weight excluding hydrogens is 555 g/mol. The van der Waals surface area contributed by atoms with E-state index in [1.807, 2.05) is 0 Å². The van der Waals surface area contributed by atoms with Crippen molar-refractivity contribution in [2.75, 3.05) is 6.26 Å². The molecule has 2 heterocycles. The summed E-state index contributed by atoms with van der Waals surface area (Å²) in [5.41, 5.74) is 1.47. The predicted octanol–water partition coefficient (Wildman–Crippen LogP) is 8.70. The Bertz CT molecular complexity index is 819. The first-order valence-electron chi connectivity index (χ1n) is 12.7. The third-order valence-corrected chi connectivity index (χ3v) is 32.4. The van der Waals surface area contributed by atoms with Gasteiger partial charge in [-0.3, -0.25) is 0 Å². The molecular formula is C25H48N2OS2SiSn. The Labute approximate surface area is 211 Å². The van der Waals surface area contributed by atoms with Crippen LogP contribution >= 0.6 is 23.1 Å². The summed E-state index contributed by atoms with van der Waals surface area (Å²) in [6.45, 7) is 19.7. The van der Waals surface area contributed by atoms with Gasteiger partial charge in [-0.2, -0.15) is 0 Å². The predicted molar refractivity (Wildman–Crippen MR) is 151 cm³/mol. The Kier molecular flexibility index (Phi) is 11.2. The van der Waals surface area contributed by atoms with Gasteiger partial charge < -0.3 is 0 Å². The molecule has 2 aromatic heterocycles. The van der Waals surface area contributed by atoms with Gasteiger partial charge in [-0.1, -0.05) is 0 Å². The van der Waals surface area contributed by atoms with Crippen LogP contribution in [-0.2, 0) is 11.0 Å². The van der Waals surface area contributed by atoms with Gasteiger partial charge in [-0.05, 0) is 0 Å². The van der Waals surface area contributed by atoms with Crippen LogP contribution in [0.3, 0.4) is 0 Å². The van der Waals surface area contributed by atoms with E-state index in [1.54, 1.807) is 14.7 Å². The number of thiazole rings is 1. The second-order valence-electron chi connectivity index (χ2n) is 10.9. The average Bonchev–Trinajstić information content (AvgIpc) is 3.30. The van der Waals surface area contributed by atoms with Crippen molar-refractivity contribution in [2.45, 2.75) is 123 Å². The fourth-order valence-corrected chi connectivity index (χ4v) is 27.0. The zero-order valence-corrected chi connectivity index (χ0v) is 27.8. The number of rotatable bonds is 14. The fraction of sp³-hybridized carbons (Fsp3) is 0.800. The van der Waals surface area contributed by atoms with Crippen LogP contribution in [0.1, 0.15) is 85.8 Å². The topological polar surface area (TPSA) is 26.5 Å².